The number of nitrogens with one attached hydrogen (secondary N) is 2. The number of Topliss-reactive ketones (excluding diaryl/α,β-unsaturated/α-hetero) is 1. The zero-order valence-corrected chi connectivity index (χ0v) is 19.5. The molecule has 1 amide bonds. The fraction of sp³-hybridized carbons (Fsp3) is 0.360. The Balaban J connectivity index is 1.48. The predicted octanol–water partition coefficient (Wildman–Crippen LogP) is 3.32. The van der Waals surface area contributed by atoms with Gasteiger partial charge in [0.2, 0.25) is 5.91 Å². The highest BCUT2D eigenvalue weighted by Gasteiger charge is 2.39. The predicted molar refractivity (Wildman–Crippen MR) is 130 cm³/mol. The number of rotatable bonds is 8. The monoisotopic (exact) mass is 482 g/mol. The van der Waals surface area contributed by atoms with Gasteiger partial charge in [0.05, 0.1) is 22.7 Å². The summed E-state index contributed by atoms with van der Waals surface area (Å²) in [6.45, 7) is 0.103. The first-order valence-electron chi connectivity index (χ1n) is 11.2. The van der Waals surface area contributed by atoms with Gasteiger partial charge in [0.25, 0.3) is 0 Å². The van der Waals surface area contributed by atoms with Crippen molar-refractivity contribution < 1.29 is 19.4 Å². The van der Waals surface area contributed by atoms with E-state index in [-0.39, 0.29) is 49.8 Å². The number of aliphatic hydroxyl groups excluding tert-OH is 1. The number of ether oxygens (including phenoxy) is 1. The molecule has 0 unspecified atom stereocenters. The Labute approximate surface area is 203 Å². The van der Waals surface area contributed by atoms with E-state index in [0.29, 0.717) is 27.9 Å². The maximum Gasteiger partial charge on any atom is 0.244 e. The summed E-state index contributed by atoms with van der Waals surface area (Å²) in [7, 11) is 0. The lowest BCUT2D eigenvalue weighted by Gasteiger charge is -2.39. The number of amides is 1. The number of aliphatic hydroxyl groups is 1. The number of hydrazine groups is 1. The fourth-order valence-corrected chi connectivity index (χ4v) is 4.34. The van der Waals surface area contributed by atoms with E-state index in [1.165, 1.54) is 0 Å². The molecule has 2 aromatic rings. The summed E-state index contributed by atoms with van der Waals surface area (Å²) < 4.78 is 5.93. The van der Waals surface area contributed by atoms with Gasteiger partial charge in [0, 0.05) is 24.0 Å². The second-order valence-corrected chi connectivity index (χ2v) is 9.01. The average Bonchev–Trinajstić information content (AvgIpc) is 2.90. The number of halogens is 1. The van der Waals surface area contributed by atoms with Gasteiger partial charge in [-0.1, -0.05) is 54.4 Å². The molecular formula is C25H27ClN4O4. The van der Waals surface area contributed by atoms with Crippen LogP contribution < -0.4 is 15.6 Å². The molecule has 2 aromatic carbocycles. The number of aliphatic imine (C=N–C) groups is 2. The quantitative estimate of drug-likeness (QED) is 0.499. The molecule has 0 saturated heterocycles. The van der Waals surface area contributed by atoms with Crippen LogP contribution in [0.1, 0.15) is 48.0 Å². The minimum absolute atomic E-state index is 0.00930. The van der Waals surface area contributed by atoms with Gasteiger partial charge in [-0.3, -0.25) is 25.4 Å². The van der Waals surface area contributed by atoms with Crippen molar-refractivity contribution in [3.8, 4) is 5.75 Å². The van der Waals surface area contributed by atoms with Crippen molar-refractivity contribution >= 4 is 34.8 Å². The van der Waals surface area contributed by atoms with Crippen molar-refractivity contribution in [3.05, 3.63) is 64.7 Å². The number of carbonyl (C=O) groups is 2. The third kappa shape index (κ3) is 5.63. The van der Waals surface area contributed by atoms with Crippen molar-refractivity contribution in [2.75, 3.05) is 19.9 Å². The molecule has 0 bridgehead atoms. The van der Waals surface area contributed by atoms with E-state index in [4.69, 9.17) is 16.3 Å². The minimum atomic E-state index is -0.366. The maximum atomic E-state index is 13.1. The smallest absolute Gasteiger partial charge is 0.244 e. The molecule has 0 radical (unpaired) electrons. The van der Waals surface area contributed by atoms with Gasteiger partial charge in [0.15, 0.2) is 5.78 Å². The third-order valence-electron chi connectivity index (χ3n) is 6.19. The molecule has 3 N–H and O–H groups in total. The van der Waals surface area contributed by atoms with E-state index < -0.39 is 0 Å². The Bertz CT molecular complexity index is 1110. The van der Waals surface area contributed by atoms with Crippen LogP contribution in [0, 0.1) is 5.41 Å². The van der Waals surface area contributed by atoms with Crippen LogP contribution in [0.4, 0.5) is 0 Å². The molecule has 1 fully saturated rings. The topological polar surface area (TPSA) is 112 Å². The highest BCUT2D eigenvalue weighted by Crippen LogP contribution is 2.45. The zero-order chi connectivity index (χ0) is 24.0. The highest BCUT2D eigenvalue weighted by molar-refractivity contribution is 6.34. The summed E-state index contributed by atoms with van der Waals surface area (Å²) in [4.78, 5) is 34.3. The van der Waals surface area contributed by atoms with Crippen molar-refractivity contribution in [2.24, 2.45) is 15.4 Å². The lowest BCUT2D eigenvalue weighted by atomic mass is 9.66. The lowest BCUT2D eigenvalue weighted by molar-refractivity contribution is -0.120. The number of hydrogen-bond donors (Lipinski definition) is 3. The highest BCUT2D eigenvalue weighted by atomic mass is 35.5. The Morgan fingerprint density at radius 3 is 2.59 bits per heavy atom. The summed E-state index contributed by atoms with van der Waals surface area (Å²) in [6, 6.07) is 14.5. The van der Waals surface area contributed by atoms with Gasteiger partial charge in [-0.25, -0.2) is 4.99 Å². The van der Waals surface area contributed by atoms with Crippen molar-refractivity contribution in [1.29, 1.82) is 0 Å². The normalized spacial score (nSPS) is 17.5. The Morgan fingerprint density at radius 2 is 1.88 bits per heavy atom. The molecule has 2 aliphatic rings. The first-order chi connectivity index (χ1) is 16.5. The first kappa shape index (κ1) is 23.9. The van der Waals surface area contributed by atoms with E-state index >= 15 is 0 Å². The van der Waals surface area contributed by atoms with Crippen LogP contribution in [0.5, 0.6) is 5.75 Å². The summed E-state index contributed by atoms with van der Waals surface area (Å²) >= 11 is 6.36. The number of amidine groups is 1. The minimum Gasteiger partial charge on any atom is -0.487 e. The van der Waals surface area contributed by atoms with Crippen LogP contribution in [-0.2, 0) is 4.79 Å². The fourth-order valence-electron chi connectivity index (χ4n) is 4.07. The number of nitrogens with zero attached hydrogens (tertiary/aromatic N) is 2. The molecule has 1 heterocycles. The van der Waals surface area contributed by atoms with Gasteiger partial charge in [-0.05, 0) is 25.0 Å². The first-order valence-corrected chi connectivity index (χ1v) is 11.6. The van der Waals surface area contributed by atoms with Crippen LogP contribution in [0.25, 0.3) is 0 Å². The number of benzene rings is 2. The molecule has 0 aromatic heterocycles. The maximum absolute atomic E-state index is 13.1. The molecule has 178 valence electrons. The number of carbonyl (C=O) groups excluding carboxylic acids is 2. The number of ketones is 1. The molecule has 0 atom stereocenters. The van der Waals surface area contributed by atoms with Crippen LogP contribution in [0.2, 0.25) is 5.02 Å². The van der Waals surface area contributed by atoms with E-state index in [9.17, 15) is 14.7 Å². The summed E-state index contributed by atoms with van der Waals surface area (Å²) in [5.41, 5.74) is 6.72. The second-order valence-electron chi connectivity index (χ2n) is 8.60. The standard InChI is InChI=1S/C25H27ClN4O4/c26-19-8-4-9-21(23(19)20(32)13-25(15-31)10-5-11-25)34-14-18-12-22(33)29-30-24(28-16-27-18)17-6-2-1-3-7-17/h1-4,6-9,31H,5,10-16H2,(H,28,30)(H,29,33). The van der Waals surface area contributed by atoms with E-state index in [1.54, 1.807) is 18.2 Å². The zero-order valence-electron chi connectivity index (χ0n) is 18.7. The van der Waals surface area contributed by atoms with Crippen molar-refractivity contribution in [2.45, 2.75) is 32.1 Å². The SMILES string of the molecule is O=C1CC(COc2cccc(Cl)c2C(=O)CC2(CO)CCC2)=NCN=C(c2ccccc2)NN1. The van der Waals surface area contributed by atoms with Crippen LogP contribution in [0.15, 0.2) is 58.5 Å². The summed E-state index contributed by atoms with van der Waals surface area (Å²) in [6.07, 6.45) is 2.88. The Morgan fingerprint density at radius 1 is 1.09 bits per heavy atom. The van der Waals surface area contributed by atoms with Gasteiger partial charge >= 0.3 is 0 Å². The Hall–Kier alpha value is -3.23. The summed E-state index contributed by atoms with van der Waals surface area (Å²) in [5, 5.41) is 10.0. The van der Waals surface area contributed by atoms with Gasteiger partial charge in [-0.2, -0.15) is 0 Å². The van der Waals surface area contributed by atoms with Crippen molar-refractivity contribution in [1.82, 2.24) is 10.9 Å². The third-order valence-corrected chi connectivity index (χ3v) is 6.50. The van der Waals surface area contributed by atoms with Gasteiger partial charge < -0.3 is 9.84 Å². The van der Waals surface area contributed by atoms with Crippen LogP contribution >= 0.6 is 11.6 Å². The molecule has 1 aliphatic carbocycles. The molecule has 8 nitrogen and oxygen atoms in total. The Kier molecular flexibility index (Phi) is 7.59. The molecule has 4 rings (SSSR count). The van der Waals surface area contributed by atoms with Gasteiger partial charge in [-0.15, -0.1) is 0 Å². The summed E-state index contributed by atoms with van der Waals surface area (Å²) in [5.74, 6) is 0.394. The molecule has 0 spiro atoms. The number of hydrogen-bond acceptors (Lipinski definition) is 7. The van der Waals surface area contributed by atoms with E-state index in [1.807, 2.05) is 30.3 Å². The van der Waals surface area contributed by atoms with Crippen LogP contribution in [0.3, 0.4) is 0 Å². The van der Waals surface area contributed by atoms with E-state index in [0.717, 1.165) is 24.8 Å². The molecule has 1 saturated carbocycles. The van der Waals surface area contributed by atoms with Crippen LogP contribution in [-0.4, -0.2) is 48.2 Å². The second kappa shape index (κ2) is 10.8. The molecular weight excluding hydrogens is 456 g/mol. The molecule has 1 aliphatic heterocycles. The lowest BCUT2D eigenvalue weighted by Crippen LogP contribution is -2.42. The molecule has 34 heavy (non-hydrogen) atoms. The van der Waals surface area contributed by atoms with Crippen molar-refractivity contribution in [3.63, 3.8) is 0 Å². The average molecular weight is 483 g/mol. The van der Waals surface area contributed by atoms with E-state index in [2.05, 4.69) is 20.8 Å². The largest absolute Gasteiger partial charge is 0.487 e. The molecule has 9 heteroatoms. The van der Waals surface area contributed by atoms with Gasteiger partial charge in [0.1, 0.15) is 24.9 Å².